The van der Waals surface area contributed by atoms with E-state index < -0.39 is 5.91 Å². The third-order valence-electron chi connectivity index (χ3n) is 4.25. The zero-order valence-electron chi connectivity index (χ0n) is 16.0. The van der Waals surface area contributed by atoms with Gasteiger partial charge in [-0.05, 0) is 30.3 Å². The van der Waals surface area contributed by atoms with Crippen LogP contribution in [0.3, 0.4) is 0 Å². The van der Waals surface area contributed by atoms with E-state index in [-0.39, 0.29) is 31.4 Å². The van der Waals surface area contributed by atoms with Gasteiger partial charge in [0, 0.05) is 5.56 Å². The molecular weight excluding hydrogens is 376 g/mol. The molecule has 1 heterocycles. The van der Waals surface area contributed by atoms with E-state index in [0.29, 0.717) is 29.4 Å². The van der Waals surface area contributed by atoms with Gasteiger partial charge in [0.2, 0.25) is 6.79 Å². The van der Waals surface area contributed by atoms with E-state index in [0.717, 1.165) is 0 Å². The van der Waals surface area contributed by atoms with Gasteiger partial charge in [0.15, 0.2) is 5.76 Å². The predicted molar refractivity (Wildman–Crippen MR) is 104 cm³/mol. The second-order valence-electron chi connectivity index (χ2n) is 6.18. The number of para-hydroxylation sites is 1. The zero-order chi connectivity index (χ0) is 20.6. The van der Waals surface area contributed by atoms with Crippen LogP contribution in [0.15, 0.2) is 60.6 Å². The topological polar surface area (TPSA) is 100 Å². The molecule has 0 spiro atoms. The van der Waals surface area contributed by atoms with Crippen LogP contribution in [0.5, 0.6) is 11.5 Å². The molecule has 0 atom stereocenters. The minimum Gasteiger partial charge on any atom is -0.496 e. The van der Waals surface area contributed by atoms with Gasteiger partial charge < -0.3 is 29.6 Å². The van der Waals surface area contributed by atoms with Crippen molar-refractivity contribution in [3.63, 3.8) is 0 Å². The van der Waals surface area contributed by atoms with E-state index >= 15 is 0 Å². The molecule has 2 N–H and O–H groups in total. The van der Waals surface area contributed by atoms with Gasteiger partial charge in [0.05, 0.1) is 25.8 Å². The molecule has 0 bridgehead atoms. The Morgan fingerprint density at radius 3 is 2.62 bits per heavy atom. The SMILES string of the molecule is COc1ccc(C(=O)N(CCOc2ccccc2)CC2=COCO2)cc1C(N)=O. The largest absolute Gasteiger partial charge is 0.496 e. The summed E-state index contributed by atoms with van der Waals surface area (Å²) in [7, 11) is 1.43. The molecule has 0 saturated heterocycles. The molecule has 1 aliphatic heterocycles. The summed E-state index contributed by atoms with van der Waals surface area (Å²) >= 11 is 0. The number of methoxy groups -OCH3 is 1. The highest BCUT2D eigenvalue weighted by Crippen LogP contribution is 2.21. The second-order valence-corrected chi connectivity index (χ2v) is 6.18. The summed E-state index contributed by atoms with van der Waals surface area (Å²) in [6, 6.07) is 13.9. The highest BCUT2D eigenvalue weighted by molar-refractivity contribution is 6.01. The number of hydrogen-bond acceptors (Lipinski definition) is 6. The van der Waals surface area contributed by atoms with Crippen molar-refractivity contribution < 1.29 is 28.5 Å². The number of ether oxygens (including phenoxy) is 4. The molecule has 8 nitrogen and oxygen atoms in total. The van der Waals surface area contributed by atoms with Gasteiger partial charge in [-0.2, -0.15) is 0 Å². The Balaban J connectivity index is 1.76. The lowest BCUT2D eigenvalue weighted by Gasteiger charge is -2.23. The third-order valence-corrected chi connectivity index (χ3v) is 4.25. The normalized spacial score (nSPS) is 12.4. The maximum Gasteiger partial charge on any atom is 0.254 e. The number of primary amides is 1. The molecule has 0 radical (unpaired) electrons. The number of carbonyl (C=O) groups excluding carboxylic acids is 2. The first kappa shape index (κ1) is 20.1. The average molecular weight is 398 g/mol. The number of hydrogen-bond donors (Lipinski definition) is 1. The fourth-order valence-electron chi connectivity index (χ4n) is 2.80. The van der Waals surface area contributed by atoms with Gasteiger partial charge in [-0.25, -0.2) is 0 Å². The standard InChI is InChI=1S/C21H22N2O6/c1-26-19-8-7-15(11-18(19)20(22)24)21(25)23(12-17-13-27-14-29-17)9-10-28-16-5-3-2-4-6-16/h2-8,11,13H,9-10,12,14H2,1H3,(H2,22,24). The van der Waals surface area contributed by atoms with E-state index in [1.54, 1.807) is 17.0 Å². The fourth-order valence-corrected chi connectivity index (χ4v) is 2.80. The van der Waals surface area contributed by atoms with Gasteiger partial charge in [-0.1, -0.05) is 18.2 Å². The van der Waals surface area contributed by atoms with Crippen molar-refractivity contribution in [3.8, 4) is 11.5 Å². The molecular formula is C21H22N2O6. The average Bonchev–Trinajstić information content (AvgIpc) is 3.26. The number of carbonyl (C=O) groups is 2. The maximum absolute atomic E-state index is 13.1. The van der Waals surface area contributed by atoms with Crippen LogP contribution in [0.25, 0.3) is 0 Å². The summed E-state index contributed by atoms with van der Waals surface area (Å²) in [4.78, 5) is 26.3. The van der Waals surface area contributed by atoms with Crippen molar-refractivity contribution >= 4 is 11.8 Å². The molecule has 0 fully saturated rings. The smallest absolute Gasteiger partial charge is 0.254 e. The van der Waals surface area contributed by atoms with E-state index in [9.17, 15) is 9.59 Å². The first-order valence-electron chi connectivity index (χ1n) is 8.97. The zero-order valence-corrected chi connectivity index (χ0v) is 16.0. The minimum absolute atomic E-state index is 0.117. The van der Waals surface area contributed by atoms with Gasteiger partial charge in [-0.15, -0.1) is 0 Å². The summed E-state index contributed by atoms with van der Waals surface area (Å²) in [6.45, 7) is 0.899. The highest BCUT2D eigenvalue weighted by atomic mass is 16.7. The number of benzene rings is 2. The highest BCUT2D eigenvalue weighted by Gasteiger charge is 2.22. The molecule has 0 unspecified atom stereocenters. The first-order chi connectivity index (χ1) is 14.1. The quantitative estimate of drug-likeness (QED) is 0.695. The fraction of sp³-hybridized carbons (Fsp3) is 0.238. The maximum atomic E-state index is 13.1. The Bertz CT molecular complexity index is 897. The van der Waals surface area contributed by atoms with E-state index in [1.807, 2.05) is 30.3 Å². The summed E-state index contributed by atoms with van der Waals surface area (Å²) in [5.41, 5.74) is 5.84. The van der Waals surface area contributed by atoms with Crippen LogP contribution in [0.1, 0.15) is 20.7 Å². The lowest BCUT2D eigenvalue weighted by molar-refractivity contribution is 0.0602. The van der Waals surface area contributed by atoms with Crippen molar-refractivity contribution in [1.82, 2.24) is 4.90 Å². The molecule has 3 rings (SSSR count). The Hall–Kier alpha value is -3.68. The number of rotatable bonds is 9. The van der Waals surface area contributed by atoms with Gasteiger partial charge in [0.1, 0.15) is 24.4 Å². The molecule has 2 amide bonds. The number of nitrogens with two attached hydrogens (primary N) is 1. The molecule has 8 heteroatoms. The summed E-state index contributed by atoms with van der Waals surface area (Å²) in [6.07, 6.45) is 1.47. The van der Waals surface area contributed by atoms with Gasteiger partial charge in [-0.3, -0.25) is 9.59 Å². The Morgan fingerprint density at radius 1 is 1.17 bits per heavy atom. The summed E-state index contributed by atoms with van der Waals surface area (Å²) < 4.78 is 21.2. The van der Waals surface area contributed by atoms with E-state index in [2.05, 4.69) is 0 Å². The molecule has 2 aromatic rings. The molecule has 152 valence electrons. The van der Waals surface area contributed by atoms with Gasteiger partial charge >= 0.3 is 0 Å². The summed E-state index contributed by atoms with van der Waals surface area (Å²) in [5, 5.41) is 0. The number of amides is 2. The predicted octanol–water partition coefficient (Wildman–Crippen LogP) is 2.16. The van der Waals surface area contributed by atoms with Crippen LogP contribution in [0.2, 0.25) is 0 Å². The van der Waals surface area contributed by atoms with Crippen molar-refractivity contribution in [2.75, 3.05) is 33.6 Å². The van der Waals surface area contributed by atoms with Crippen molar-refractivity contribution in [1.29, 1.82) is 0 Å². The van der Waals surface area contributed by atoms with Crippen molar-refractivity contribution in [3.05, 3.63) is 71.7 Å². The monoisotopic (exact) mass is 398 g/mol. The molecule has 0 saturated carbocycles. The molecule has 29 heavy (non-hydrogen) atoms. The first-order valence-corrected chi connectivity index (χ1v) is 8.97. The third kappa shape index (κ3) is 5.19. The van der Waals surface area contributed by atoms with Crippen molar-refractivity contribution in [2.45, 2.75) is 0 Å². The Morgan fingerprint density at radius 2 is 1.97 bits per heavy atom. The van der Waals surface area contributed by atoms with E-state index in [4.69, 9.17) is 24.7 Å². The van der Waals surface area contributed by atoms with E-state index in [1.165, 1.54) is 19.4 Å². The summed E-state index contributed by atoms with van der Waals surface area (Å²) in [5.74, 6) is 0.568. The van der Waals surface area contributed by atoms with Crippen LogP contribution >= 0.6 is 0 Å². The lowest BCUT2D eigenvalue weighted by atomic mass is 10.1. The molecule has 1 aliphatic rings. The van der Waals surface area contributed by atoms with Crippen LogP contribution in [-0.2, 0) is 9.47 Å². The second kappa shape index (κ2) is 9.50. The van der Waals surface area contributed by atoms with Crippen LogP contribution < -0.4 is 15.2 Å². The molecule has 0 aromatic heterocycles. The Kier molecular flexibility index (Phi) is 6.57. The minimum atomic E-state index is -0.675. The Labute approximate surface area is 168 Å². The lowest BCUT2D eigenvalue weighted by Crippen LogP contribution is -2.36. The van der Waals surface area contributed by atoms with Crippen LogP contribution in [-0.4, -0.2) is 50.3 Å². The number of nitrogens with zero attached hydrogens (tertiary/aromatic N) is 1. The van der Waals surface area contributed by atoms with Crippen LogP contribution in [0, 0.1) is 0 Å². The van der Waals surface area contributed by atoms with Crippen LogP contribution in [0.4, 0.5) is 0 Å². The molecule has 2 aromatic carbocycles. The van der Waals surface area contributed by atoms with Gasteiger partial charge in [0.25, 0.3) is 11.8 Å². The molecule has 0 aliphatic carbocycles. The van der Waals surface area contributed by atoms with Crippen molar-refractivity contribution in [2.24, 2.45) is 5.73 Å².